The van der Waals surface area contributed by atoms with Crippen LogP contribution in [-0.4, -0.2) is 5.91 Å². The summed E-state index contributed by atoms with van der Waals surface area (Å²) in [7, 11) is 0. The molecule has 0 saturated heterocycles. The zero-order chi connectivity index (χ0) is 12.1. The zero-order valence-electron chi connectivity index (χ0n) is 9.92. The monoisotopic (exact) mass is 235 g/mol. The van der Waals surface area contributed by atoms with Crippen LogP contribution in [0.5, 0.6) is 0 Å². The van der Waals surface area contributed by atoms with Crippen LogP contribution in [0.1, 0.15) is 37.7 Å². The molecular weight excluding hydrogens is 217 g/mol. The average molecular weight is 235 g/mol. The molecule has 1 aliphatic carbocycles. The predicted octanol–water partition coefficient (Wildman–Crippen LogP) is 3.02. The third kappa shape index (κ3) is 3.55. The van der Waals surface area contributed by atoms with Gasteiger partial charge in [-0.15, -0.1) is 0 Å². The van der Waals surface area contributed by atoms with Gasteiger partial charge < -0.3 is 5.32 Å². The van der Waals surface area contributed by atoms with E-state index < -0.39 is 0 Å². The maximum Gasteiger partial charge on any atom is 0.223 e. The summed E-state index contributed by atoms with van der Waals surface area (Å²) in [5.41, 5.74) is 0.814. The molecule has 2 rings (SSSR count). The van der Waals surface area contributed by atoms with Crippen molar-refractivity contribution in [2.24, 2.45) is 5.92 Å². The van der Waals surface area contributed by atoms with Gasteiger partial charge in [0.25, 0.3) is 0 Å². The van der Waals surface area contributed by atoms with E-state index in [-0.39, 0.29) is 17.6 Å². The van der Waals surface area contributed by atoms with Gasteiger partial charge in [0.15, 0.2) is 0 Å². The highest BCUT2D eigenvalue weighted by Gasteiger charge is 2.20. The molecule has 92 valence electrons. The molecule has 0 aliphatic heterocycles. The molecule has 1 saturated carbocycles. The minimum Gasteiger partial charge on any atom is -0.352 e. The van der Waals surface area contributed by atoms with Gasteiger partial charge >= 0.3 is 0 Å². The minimum absolute atomic E-state index is 0.119. The first-order valence-corrected chi connectivity index (χ1v) is 6.28. The second kappa shape index (κ2) is 5.80. The number of nitrogens with one attached hydrogen (secondary N) is 1. The van der Waals surface area contributed by atoms with E-state index >= 15 is 0 Å². The molecule has 0 spiro atoms. The van der Waals surface area contributed by atoms with E-state index in [9.17, 15) is 9.18 Å². The molecule has 0 bridgehead atoms. The number of rotatable bonds is 3. The lowest BCUT2D eigenvalue weighted by Gasteiger charge is -2.20. The quantitative estimate of drug-likeness (QED) is 0.857. The van der Waals surface area contributed by atoms with Crippen molar-refractivity contribution in [1.29, 1.82) is 0 Å². The van der Waals surface area contributed by atoms with Gasteiger partial charge in [-0.2, -0.15) is 0 Å². The van der Waals surface area contributed by atoms with Crippen LogP contribution in [0.3, 0.4) is 0 Å². The van der Waals surface area contributed by atoms with Crippen LogP contribution < -0.4 is 5.32 Å². The summed E-state index contributed by atoms with van der Waals surface area (Å²) in [6.07, 6.45) is 5.54. The third-order valence-corrected chi connectivity index (χ3v) is 3.33. The molecule has 3 heteroatoms. The van der Waals surface area contributed by atoms with E-state index in [0.29, 0.717) is 6.54 Å². The molecular formula is C14H18FNO. The fourth-order valence-electron chi connectivity index (χ4n) is 2.35. The summed E-state index contributed by atoms with van der Waals surface area (Å²) < 4.78 is 12.9. The molecule has 1 aromatic carbocycles. The SMILES string of the molecule is O=C(NCc1cccc(F)c1)C1CCCCC1. The van der Waals surface area contributed by atoms with Gasteiger partial charge in [0.2, 0.25) is 5.91 Å². The lowest BCUT2D eigenvalue weighted by molar-refractivity contribution is -0.126. The first kappa shape index (κ1) is 12.1. The fourth-order valence-corrected chi connectivity index (χ4v) is 2.35. The number of amides is 1. The van der Waals surface area contributed by atoms with Crippen molar-refractivity contribution < 1.29 is 9.18 Å². The zero-order valence-corrected chi connectivity index (χ0v) is 9.92. The van der Waals surface area contributed by atoms with E-state index in [1.54, 1.807) is 6.07 Å². The number of carbonyl (C=O) groups is 1. The second-order valence-electron chi connectivity index (χ2n) is 4.68. The third-order valence-electron chi connectivity index (χ3n) is 3.33. The van der Waals surface area contributed by atoms with E-state index in [1.807, 2.05) is 6.07 Å². The Morgan fingerprint density at radius 1 is 1.29 bits per heavy atom. The van der Waals surface area contributed by atoms with Gasteiger partial charge in [0.1, 0.15) is 5.82 Å². The number of carbonyl (C=O) groups excluding carboxylic acids is 1. The Kier molecular flexibility index (Phi) is 4.13. The Hall–Kier alpha value is -1.38. The van der Waals surface area contributed by atoms with Crippen LogP contribution in [0.2, 0.25) is 0 Å². The van der Waals surface area contributed by atoms with Crippen LogP contribution in [0, 0.1) is 11.7 Å². The molecule has 17 heavy (non-hydrogen) atoms. The standard InChI is InChI=1S/C14H18FNO/c15-13-8-4-5-11(9-13)10-16-14(17)12-6-2-1-3-7-12/h4-5,8-9,12H,1-3,6-7,10H2,(H,16,17). The van der Waals surface area contributed by atoms with Crippen molar-refractivity contribution in [1.82, 2.24) is 5.32 Å². The summed E-state index contributed by atoms with van der Waals surface area (Å²) in [6.45, 7) is 0.424. The molecule has 0 unspecified atom stereocenters. The average Bonchev–Trinajstić information content (AvgIpc) is 2.37. The summed E-state index contributed by atoms with van der Waals surface area (Å²) in [6, 6.07) is 6.36. The number of hydrogen-bond acceptors (Lipinski definition) is 1. The maximum atomic E-state index is 12.9. The summed E-state index contributed by atoms with van der Waals surface area (Å²) in [4.78, 5) is 11.9. The van der Waals surface area contributed by atoms with E-state index in [0.717, 1.165) is 31.2 Å². The topological polar surface area (TPSA) is 29.1 Å². The highest BCUT2D eigenvalue weighted by molar-refractivity contribution is 5.78. The molecule has 1 N–H and O–H groups in total. The van der Waals surface area contributed by atoms with Gasteiger partial charge in [-0.1, -0.05) is 31.4 Å². The molecule has 1 amide bonds. The fraction of sp³-hybridized carbons (Fsp3) is 0.500. The van der Waals surface area contributed by atoms with Crippen molar-refractivity contribution in [3.05, 3.63) is 35.6 Å². The van der Waals surface area contributed by atoms with E-state index in [2.05, 4.69) is 5.32 Å². The Bertz CT molecular complexity index is 386. The Balaban J connectivity index is 1.83. The number of hydrogen-bond donors (Lipinski definition) is 1. The normalized spacial score (nSPS) is 16.8. The van der Waals surface area contributed by atoms with Crippen LogP contribution in [0.4, 0.5) is 4.39 Å². The number of halogens is 1. The number of benzene rings is 1. The van der Waals surface area contributed by atoms with Crippen LogP contribution in [0.15, 0.2) is 24.3 Å². The van der Waals surface area contributed by atoms with E-state index in [1.165, 1.54) is 18.6 Å². The van der Waals surface area contributed by atoms with Gasteiger partial charge in [-0.3, -0.25) is 4.79 Å². The molecule has 0 aromatic heterocycles. The maximum absolute atomic E-state index is 12.9. The first-order chi connectivity index (χ1) is 8.25. The Morgan fingerprint density at radius 2 is 2.06 bits per heavy atom. The van der Waals surface area contributed by atoms with Crippen LogP contribution >= 0.6 is 0 Å². The molecule has 2 nitrogen and oxygen atoms in total. The largest absolute Gasteiger partial charge is 0.352 e. The highest BCUT2D eigenvalue weighted by Crippen LogP contribution is 2.23. The van der Waals surface area contributed by atoms with Gasteiger partial charge in [-0.25, -0.2) is 4.39 Å². The predicted molar refractivity (Wildman–Crippen MR) is 64.8 cm³/mol. The Morgan fingerprint density at radius 3 is 2.76 bits per heavy atom. The molecule has 1 aromatic rings. The van der Waals surface area contributed by atoms with Crippen molar-refractivity contribution in [3.8, 4) is 0 Å². The van der Waals surface area contributed by atoms with Crippen LogP contribution in [-0.2, 0) is 11.3 Å². The van der Waals surface area contributed by atoms with Crippen LogP contribution in [0.25, 0.3) is 0 Å². The van der Waals surface area contributed by atoms with Crippen molar-refractivity contribution in [3.63, 3.8) is 0 Å². The van der Waals surface area contributed by atoms with E-state index in [4.69, 9.17) is 0 Å². The minimum atomic E-state index is -0.255. The van der Waals surface area contributed by atoms with Gasteiger partial charge in [-0.05, 0) is 30.5 Å². The lowest BCUT2D eigenvalue weighted by atomic mass is 9.88. The van der Waals surface area contributed by atoms with Gasteiger partial charge in [0.05, 0.1) is 0 Å². The summed E-state index contributed by atoms with van der Waals surface area (Å²) >= 11 is 0. The molecule has 0 radical (unpaired) electrons. The molecule has 0 heterocycles. The summed E-state index contributed by atoms with van der Waals surface area (Å²) in [5.74, 6) is 0.0284. The van der Waals surface area contributed by atoms with Crippen molar-refractivity contribution in [2.45, 2.75) is 38.6 Å². The smallest absolute Gasteiger partial charge is 0.223 e. The Labute approximate surface area is 101 Å². The highest BCUT2D eigenvalue weighted by atomic mass is 19.1. The van der Waals surface area contributed by atoms with Gasteiger partial charge in [0, 0.05) is 12.5 Å². The summed E-state index contributed by atoms with van der Waals surface area (Å²) in [5, 5.41) is 2.89. The molecule has 1 fully saturated rings. The van der Waals surface area contributed by atoms with Crippen molar-refractivity contribution >= 4 is 5.91 Å². The molecule has 0 atom stereocenters. The second-order valence-corrected chi connectivity index (χ2v) is 4.68. The lowest BCUT2D eigenvalue weighted by Crippen LogP contribution is -2.31. The van der Waals surface area contributed by atoms with Crippen molar-refractivity contribution in [2.75, 3.05) is 0 Å². The molecule has 1 aliphatic rings. The first-order valence-electron chi connectivity index (χ1n) is 6.28.